The molecule has 1 aliphatic rings. The molecule has 1 aromatic carbocycles. The number of likely N-dealkylation sites (tertiary alicyclic amines) is 1. The molecule has 0 spiro atoms. The lowest BCUT2D eigenvalue weighted by molar-refractivity contribution is -0.135. The third kappa shape index (κ3) is 3.06. The molecule has 122 valence electrons. The first kappa shape index (κ1) is 15.5. The summed E-state index contributed by atoms with van der Waals surface area (Å²) in [7, 11) is 0. The Morgan fingerprint density at radius 2 is 1.96 bits per heavy atom. The topological polar surface area (TPSA) is 83.4 Å². The number of amides is 1. The molecule has 0 bridgehead atoms. The number of rotatable bonds is 3. The van der Waals surface area contributed by atoms with Gasteiger partial charge >= 0.3 is 5.76 Å². The molecule has 2 aromatic rings. The smallest absolute Gasteiger partial charge is 0.408 e. The summed E-state index contributed by atoms with van der Waals surface area (Å²) in [6.07, 6.45) is 1.35. The van der Waals surface area contributed by atoms with Gasteiger partial charge in [0.2, 0.25) is 5.91 Å². The van der Waals surface area contributed by atoms with E-state index in [2.05, 4.69) is 4.98 Å². The highest BCUT2D eigenvalue weighted by Gasteiger charge is 2.28. The van der Waals surface area contributed by atoms with E-state index in [1.807, 2.05) is 18.7 Å². The van der Waals surface area contributed by atoms with Crippen LogP contribution in [0.2, 0.25) is 0 Å². The molecule has 0 radical (unpaired) electrons. The Bertz CT molecular complexity index is 794. The number of Topliss-reactive ketones (excluding diaryl/α,β-unsaturated/α-hetero) is 1. The van der Waals surface area contributed by atoms with E-state index in [9.17, 15) is 14.4 Å². The van der Waals surface area contributed by atoms with Gasteiger partial charge in [0.25, 0.3) is 0 Å². The van der Waals surface area contributed by atoms with Crippen LogP contribution in [-0.4, -0.2) is 34.7 Å². The summed E-state index contributed by atoms with van der Waals surface area (Å²) in [5, 5.41) is 0. The van der Waals surface area contributed by atoms with Gasteiger partial charge in [0, 0.05) is 30.5 Å². The Kier molecular flexibility index (Phi) is 4.07. The first-order valence-electron chi connectivity index (χ1n) is 7.91. The minimum atomic E-state index is -0.523. The van der Waals surface area contributed by atoms with Gasteiger partial charge in [-0.1, -0.05) is 13.8 Å². The molecule has 3 rings (SSSR count). The second-order valence-electron chi connectivity index (χ2n) is 6.34. The monoisotopic (exact) mass is 316 g/mol. The number of aromatic amines is 1. The maximum absolute atomic E-state index is 12.6. The fourth-order valence-corrected chi connectivity index (χ4v) is 3.06. The van der Waals surface area contributed by atoms with Gasteiger partial charge in [0.1, 0.15) is 0 Å². The Hall–Kier alpha value is -2.37. The number of carbonyl (C=O) groups is 2. The fourth-order valence-electron chi connectivity index (χ4n) is 3.06. The molecule has 1 aromatic heterocycles. The summed E-state index contributed by atoms with van der Waals surface area (Å²) >= 11 is 0. The van der Waals surface area contributed by atoms with Crippen molar-refractivity contribution in [3.8, 4) is 0 Å². The van der Waals surface area contributed by atoms with Gasteiger partial charge in [-0.25, -0.2) is 4.79 Å². The number of nitrogens with zero attached hydrogens (tertiary/aromatic N) is 1. The van der Waals surface area contributed by atoms with Gasteiger partial charge in [-0.05, 0) is 31.0 Å². The Labute approximate surface area is 133 Å². The molecule has 0 unspecified atom stereocenters. The first-order valence-corrected chi connectivity index (χ1v) is 7.91. The summed E-state index contributed by atoms with van der Waals surface area (Å²) < 4.78 is 5.00. The number of benzene rings is 1. The van der Waals surface area contributed by atoms with Gasteiger partial charge in [-0.15, -0.1) is 0 Å². The Balaban J connectivity index is 1.71. The Morgan fingerprint density at radius 1 is 1.26 bits per heavy atom. The molecule has 0 saturated carbocycles. The summed E-state index contributed by atoms with van der Waals surface area (Å²) in [5.74, 6) is -0.431. The van der Waals surface area contributed by atoms with Crippen LogP contribution in [0.15, 0.2) is 27.4 Å². The van der Waals surface area contributed by atoms with E-state index < -0.39 is 5.76 Å². The van der Waals surface area contributed by atoms with Crippen molar-refractivity contribution < 1.29 is 14.0 Å². The maximum atomic E-state index is 12.6. The minimum Gasteiger partial charge on any atom is -0.408 e. The predicted octanol–water partition coefficient (Wildman–Crippen LogP) is 2.20. The van der Waals surface area contributed by atoms with Gasteiger partial charge in [-0.3, -0.25) is 14.6 Å². The second-order valence-corrected chi connectivity index (χ2v) is 6.34. The normalized spacial score (nSPS) is 16.2. The van der Waals surface area contributed by atoms with Crippen molar-refractivity contribution >= 4 is 22.8 Å². The first-order chi connectivity index (χ1) is 11.0. The molecule has 0 atom stereocenters. The van der Waals surface area contributed by atoms with Crippen LogP contribution in [0.5, 0.6) is 0 Å². The number of H-pyrrole nitrogens is 1. The molecule has 1 amide bonds. The van der Waals surface area contributed by atoms with Crippen molar-refractivity contribution in [3.05, 3.63) is 34.3 Å². The van der Waals surface area contributed by atoms with Crippen molar-refractivity contribution in [1.29, 1.82) is 0 Å². The number of carbonyl (C=O) groups excluding carboxylic acids is 2. The number of nitrogens with one attached hydrogen (secondary N) is 1. The van der Waals surface area contributed by atoms with Crippen LogP contribution in [0.3, 0.4) is 0 Å². The van der Waals surface area contributed by atoms with E-state index in [4.69, 9.17) is 4.42 Å². The third-order valence-corrected chi connectivity index (χ3v) is 4.38. The minimum absolute atomic E-state index is 0.0128. The van der Waals surface area contributed by atoms with Crippen LogP contribution in [0.4, 0.5) is 0 Å². The lowest BCUT2D eigenvalue weighted by Crippen LogP contribution is -2.42. The SMILES string of the molecule is CC(C)C(=O)N1CCC(C(=O)c2ccc3[nH]c(=O)oc3c2)CC1. The van der Waals surface area contributed by atoms with Gasteiger partial charge in [0.05, 0.1) is 5.52 Å². The summed E-state index contributed by atoms with van der Waals surface area (Å²) in [6, 6.07) is 5.01. The van der Waals surface area contributed by atoms with Crippen LogP contribution in [-0.2, 0) is 4.79 Å². The molecular formula is C17H20N2O4. The number of oxazole rings is 1. The quantitative estimate of drug-likeness (QED) is 0.880. The van der Waals surface area contributed by atoms with E-state index in [0.717, 1.165) is 0 Å². The van der Waals surface area contributed by atoms with Crippen LogP contribution < -0.4 is 5.76 Å². The van der Waals surface area contributed by atoms with Gasteiger partial charge in [0.15, 0.2) is 11.4 Å². The zero-order chi connectivity index (χ0) is 16.6. The highest BCUT2D eigenvalue weighted by atomic mass is 16.4. The fraction of sp³-hybridized carbons (Fsp3) is 0.471. The number of hydrogen-bond acceptors (Lipinski definition) is 4. The number of fused-ring (bicyclic) bond motifs is 1. The molecule has 2 heterocycles. The van der Waals surface area contributed by atoms with Crippen molar-refractivity contribution in [2.24, 2.45) is 11.8 Å². The van der Waals surface area contributed by atoms with E-state index in [1.54, 1.807) is 18.2 Å². The number of ketones is 1. The average molecular weight is 316 g/mol. The van der Waals surface area contributed by atoms with E-state index in [0.29, 0.717) is 42.6 Å². The van der Waals surface area contributed by atoms with Gasteiger partial charge < -0.3 is 9.32 Å². The molecule has 0 aliphatic carbocycles. The largest absolute Gasteiger partial charge is 0.417 e. The van der Waals surface area contributed by atoms with Crippen molar-refractivity contribution in [2.45, 2.75) is 26.7 Å². The lowest BCUT2D eigenvalue weighted by Gasteiger charge is -2.32. The third-order valence-electron chi connectivity index (χ3n) is 4.38. The molecular weight excluding hydrogens is 296 g/mol. The predicted molar refractivity (Wildman–Crippen MR) is 85.3 cm³/mol. The van der Waals surface area contributed by atoms with Crippen molar-refractivity contribution in [3.63, 3.8) is 0 Å². The highest BCUT2D eigenvalue weighted by molar-refractivity contribution is 6.00. The highest BCUT2D eigenvalue weighted by Crippen LogP contribution is 2.24. The zero-order valence-corrected chi connectivity index (χ0v) is 13.3. The molecule has 23 heavy (non-hydrogen) atoms. The van der Waals surface area contributed by atoms with Crippen LogP contribution in [0, 0.1) is 11.8 Å². The van der Waals surface area contributed by atoms with Crippen LogP contribution in [0.1, 0.15) is 37.0 Å². The van der Waals surface area contributed by atoms with E-state index in [1.165, 1.54) is 0 Å². The number of aromatic nitrogens is 1. The van der Waals surface area contributed by atoms with Gasteiger partial charge in [-0.2, -0.15) is 0 Å². The number of hydrogen-bond donors (Lipinski definition) is 1. The van der Waals surface area contributed by atoms with Crippen molar-refractivity contribution in [1.82, 2.24) is 9.88 Å². The molecule has 6 heteroatoms. The van der Waals surface area contributed by atoms with E-state index >= 15 is 0 Å². The second kappa shape index (κ2) is 6.02. The van der Waals surface area contributed by atoms with E-state index in [-0.39, 0.29) is 23.5 Å². The summed E-state index contributed by atoms with van der Waals surface area (Å²) in [5.41, 5.74) is 1.53. The maximum Gasteiger partial charge on any atom is 0.417 e. The number of piperidine rings is 1. The van der Waals surface area contributed by atoms with Crippen LogP contribution in [0.25, 0.3) is 11.1 Å². The van der Waals surface area contributed by atoms with Crippen LogP contribution >= 0.6 is 0 Å². The standard InChI is InChI=1S/C17H20N2O4/c1-10(2)16(21)19-7-5-11(6-8-19)15(20)12-3-4-13-14(9-12)23-17(22)18-13/h3-4,9-11H,5-8H2,1-2H3,(H,18,22). The van der Waals surface area contributed by atoms with Crippen molar-refractivity contribution in [2.75, 3.05) is 13.1 Å². The Morgan fingerprint density at radius 3 is 2.61 bits per heavy atom. The molecule has 6 nitrogen and oxygen atoms in total. The zero-order valence-electron chi connectivity index (χ0n) is 13.3. The molecule has 1 aliphatic heterocycles. The summed E-state index contributed by atoms with van der Waals surface area (Å²) in [4.78, 5) is 40.2. The molecule has 1 N–H and O–H groups in total. The molecule has 1 fully saturated rings. The lowest BCUT2D eigenvalue weighted by atomic mass is 9.88. The molecule has 1 saturated heterocycles. The summed E-state index contributed by atoms with van der Waals surface area (Å²) in [6.45, 7) is 5.02. The average Bonchev–Trinajstić information content (AvgIpc) is 2.92.